The van der Waals surface area contributed by atoms with Gasteiger partial charge in [-0.2, -0.15) is 5.10 Å². The Morgan fingerprint density at radius 3 is 2.86 bits per heavy atom. The summed E-state index contributed by atoms with van der Waals surface area (Å²) in [5.74, 6) is 2.55. The van der Waals surface area contributed by atoms with E-state index < -0.39 is 0 Å². The van der Waals surface area contributed by atoms with E-state index in [1.807, 2.05) is 12.3 Å². The van der Waals surface area contributed by atoms with Crippen LogP contribution in [-0.2, 0) is 13.1 Å². The van der Waals surface area contributed by atoms with Crippen molar-refractivity contribution in [3.8, 4) is 12.3 Å². The minimum atomic E-state index is 0.121. The second kappa shape index (κ2) is 4.30. The molecular formula is C11H17N3. The fourth-order valence-electron chi connectivity index (χ4n) is 1.04. The zero-order valence-corrected chi connectivity index (χ0v) is 9.04. The number of rotatable bonds is 3. The molecule has 3 nitrogen and oxygen atoms in total. The number of aromatic nitrogens is 2. The zero-order valence-electron chi connectivity index (χ0n) is 9.04. The Kier molecular flexibility index (Phi) is 3.32. The Morgan fingerprint density at radius 1 is 1.57 bits per heavy atom. The molecule has 0 bridgehead atoms. The summed E-state index contributed by atoms with van der Waals surface area (Å²) < 4.78 is 1.76. The van der Waals surface area contributed by atoms with Gasteiger partial charge in [0.1, 0.15) is 6.54 Å². The van der Waals surface area contributed by atoms with Crippen molar-refractivity contribution in [2.75, 3.05) is 0 Å². The van der Waals surface area contributed by atoms with Crippen LogP contribution < -0.4 is 5.32 Å². The fourth-order valence-corrected chi connectivity index (χ4v) is 1.04. The summed E-state index contributed by atoms with van der Waals surface area (Å²) >= 11 is 0. The lowest BCUT2D eigenvalue weighted by Crippen LogP contribution is -2.35. The van der Waals surface area contributed by atoms with Gasteiger partial charge in [-0.25, -0.2) is 0 Å². The zero-order chi connectivity index (χ0) is 10.6. The van der Waals surface area contributed by atoms with Crippen LogP contribution in [0.4, 0.5) is 0 Å². The van der Waals surface area contributed by atoms with Crippen LogP contribution in [0.25, 0.3) is 0 Å². The molecule has 3 heteroatoms. The summed E-state index contributed by atoms with van der Waals surface area (Å²) in [6.07, 6.45) is 7.09. The SMILES string of the molecule is C#CCn1ccc(CNC(C)(C)C)n1. The summed E-state index contributed by atoms with van der Waals surface area (Å²) in [6.45, 7) is 7.71. The lowest BCUT2D eigenvalue weighted by atomic mass is 10.1. The number of hydrogen-bond donors (Lipinski definition) is 1. The van der Waals surface area contributed by atoms with Crippen molar-refractivity contribution in [1.82, 2.24) is 15.1 Å². The lowest BCUT2D eigenvalue weighted by molar-refractivity contribution is 0.420. The molecule has 0 radical (unpaired) electrons. The Morgan fingerprint density at radius 2 is 2.29 bits per heavy atom. The van der Waals surface area contributed by atoms with E-state index in [2.05, 4.69) is 37.1 Å². The van der Waals surface area contributed by atoms with Gasteiger partial charge >= 0.3 is 0 Å². The van der Waals surface area contributed by atoms with Gasteiger partial charge in [0.25, 0.3) is 0 Å². The molecule has 0 aromatic carbocycles. The fraction of sp³-hybridized carbons (Fsp3) is 0.545. The average Bonchev–Trinajstić information content (AvgIpc) is 2.49. The van der Waals surface area contributed by atoms with Gasteiger partial charge in [-0.05, 0) is 26.8 Å². The molecule has 1 rings (SSSR count). The minimum Gasteiger partial charge on any atom is -0.306 e. The number of nitrogens with one attached hydrogen (secondary N) is 1. The van der Waals surface area contributed by atoms with Crippen molar-refractivity contribution in [1.29, 1.82) is 0 Å². The van der Waals surface area contributed by atoms with E-state index in [1.54, 1.807) is 4.68 Å². The number of terminal acetylenes is 1. The third kappa shape index (κ3) is 3.63. The standard InChI is InChI=1S/C11H17N3/c1-5-7-14-8-6-10(13-14)9-12-11(2,3)4/h1,6,8,12H,7,9H2,2-4H3. The van der Waals surface area contributed by atoms with Crippen molar-refractivity contribution in [2.45, 2.75) is 39.4 Å². The van der Waals surface area contributed by atoms with Crippen LogP contribution >= 0.6 is 0 Å². The Labute approximate surface area is 85.5 Å². The van der Waals surface area contributed by atoms with Crippen molar-refractivity contribution in [3.63, 3.8) is 0 Å². The summed E-state index contributed by atoms with van der Waals surface area (Å²) in [7, 11) is 0. The third-order valence-corrected chi connectivity index (χ3v) is 1.75. The normalized spacial score (nSPS) is 11.3. The Balaban J connectivity index is 2.49. The summed E-state index contributed by atoms with van der Waals surface area (Å²) in [6, 6.07) is 1.98. The quantitative estimate of drug-likeness (QED) is 0.732. The highest BCUT2D eigenvalue weighted by Gasteiger charge is 2.09. The molecule has 0 unspecified atom stereocenters. The van der Waals surface area contributed by atoms with Crippen LogP contribution in [0.5, 0.6) is 0 Å². The van der Waals surface area contributed by atoms with E-state index in [0.717, 1.165) is 12.2 Å². The molecule has 1 aromatic rings. The molecule has 0 spiro atoms. The highest BCUT2D eigenvalue weighted by molar-refractivity contribution is 5.00. The van der Waals surface area contributed by atoms with Gasteiger partial charge in [-0.15, -0.1) is 6.42 Å². The second-order valence-electron chi connectivity index (χ2n) is 4.31. The van der Waals surface area contributed by atoms with Gasteiger partial charge < -0.3 is 5.32 Å². The van der Waals surface area contributed by atoms with Crippen molar-refractivity contribution < 1.29 is 0 Å². The average molecular weight is 191 g/mol. The molecule has 76 valence electrons. The van der Waals surface area contributed by atoms with E-state index in [4.69, 9.17) is 6.42 Å². The topological polar surface area (TPSA) is 29.9 Å². The Hall–Kier alpha value is -1.27. The van der Waals surface area contributed by atoms with Crippen LogP contribution in [0.1, 0.15) is 26.5 Å². The van der Waals surface area contributed by atoms with Crippen LogP contribution in [-0.4, -0.2) is 15.3 Å². The van der Waals surface area contributed by atoms with E-state index in [0.29, 0.717) is 6.54 Å². The van der Waals surface area contributed by atoms with Crippen molar-refractivity contribution >= 4 is 0 Å². The van der Waals surface area contributed by atoms with E-state index >= 15 is 0 Å². The minimum absolute atomic E-state index is 0.121. The van der Waals surface area contributed by atoms with Gasteiger partial charge in [-0.3, -0.25) is 4.68 Å². The predicted octanol–water partition coefficient (Wildman–Crippen LogP) is 1.40. The second-order valence-corrected chi connectivity index (χ2v) is 4.31. The molecular weight excluding hydrogens is 174 g/mol. The summed E-state index contributed by atoms with van der Waals surface area (Å²) in [5.41, 5.74) is 1.14. The van der Waals surface area contributed by atoms with Gasteiger partial charge in [0.2, 0.25) is 0 Å². The van der Waals surface area contributed by atoms with Crippen molar-refractivity contribution in [3.05, 3.63) is 18.0 Å². The smallest absolute Gasteiger partial charge is 0.101 e. The van der Waals surface area contributed by atoms with Gasteiger partial charge in [0, 0.05) is 18.3 Å². The first-order chi connectivity index (χ1) is 6.51. The van der Waals surface area contributed by atoms with Crippen molar-refractivity contribution in [2.24, 2.45) is 0 Å². The maximum atomic E-state index is 5.19. The molecule has 0 aliphatic carbocycles. The number of hydrogen-bond acceptors (Lipinski definition) is 2. The highest BCUT2D eigenvalue weighted by Crippen LogP contribution is 2.02. The molecule has 0 saturated heterocycles. The van der Waals surface area contributed by atoms with Crippen LogP contribution in [0.2, 0.25) is 0 Å². The first-order valence-electron chi connectivity index (χ1n) is 4.72. The first kappa shape index (κ1) is 10.8. The molecule has 0 amide bonds. The summed E-state index contributed by atoms with van der Waals surface area (Å²) in [4.78, 5) is 0. The molecule has 1 heterocycles. The third-order valence-electron chi connectivity index (χ3n) is 1.75. The molecule has 14 heavy (non-hydrogen) atoms. The van der Waals surface area contributed by atoms with E-state index in [-0.39, 0.29) is 5.54 Å². The molecule has 0 atom stereocenters. The van der Waals surface area contributed by atoms with Crippen LogP contribution in [0.15, 0.2) is 12.3 Å². The van der Waals surface area contributed by atoms with Gasteiger partial charge in [-0.1, -0.05) is 5.92 Å². The summed E-state index contributed by atoms with van der Waals surface area (Å²) in [5, 5.41) is 7.68. The van der Waals surface area contributed by atoms with Gasteiger partial charge in [0.05, 0.1) is 5.69 Å². The monoisotopic (exact) mass is 191 g/mol. The maximum absolute atomic E-state index is 5.19. The van der Waals surface area contributed by atoms with E-state index in [1.165, 1.54) is 0 Å². The first-order valence-corrected chi connectivity index (χ1v) is 4.72. The highest BCUT2D eigenvalue weighted by atomic mass is 15.3. The number of nitrogens with zero attached hydrogens (tertiary/aromatic N) is 2. The largest absolute Gasteiger partial charge is 0.306 e. The molecule has 0 saturated carbocycles. The lowest BCUT2D eigenvalue weighted by Gasteiger charge is -2.19. The molecule has 0 aliphatic rings. The predicted molar refractivity (Wildman–Crippen MR) is 57.7 cm³/mol. The van der Waals surface area contributed by atoms with Crippen LogP contribution in [0.3, 0.4) is 0 Å². The van der Waals surface area contributed by atoms with Crippen LogP contribution in [0, 0.1) is 12.3 Å². The van der Waals surface area contributed by atoms with E-state index in [9.17, 15) is 0 Å². The Bertz CT molecular complexity index is 325. The van der Waals surface area contributed by atoms with Gasteiger partial charge in [0.15, 0.2) is 0 Å². The molecule has 1 aromatic heterocycles. The maximum Gasteiger partial charge on any atom is 0.101 e. The molecule has 1 N–H and O–H groups in total. The molecule has 0 fully saturated rings. The molecule has 0 aliphatic heterocycles.